The average molecular weight is 228 g/mol. The van der Waals surface area contributed by atoms with Crippen molar-refractivity contribution in [3.8, 4) is 0 Å². The zero-order valence-electron chi connectivity index (χ0n) is 8.74. The van der Waals surface area contributed by atoms with Crippen molar-refractivity contribution in [3.63, 3.8) is 0 Å². The summed E-state index contributed by atoms with van der Waals surface area (Å²) in [6.45, 7) is 0.553. The van der Waals surface area contributed by atoms with Crippen LogP contribution in [0.15, 0.2) is 15.8 Å². The highest BCUT2D eigenvalue weighted by molar-refractivity contribution is 4.88. The van der Waals surface area contributed by atoms with Crippen LogP contribution in [0.2, 0.25) is 0 Å². The van der Waals surface area contributed by atoms with Gasteiger partial charge in [0.2, 0.25) is 5.82 Å². The highest BCUT2D eigenvalue weighted by atomic mass is 19.1. The summed E-state index contributed by atoms with van der Waals surface area (Å²) in [5.41, 5.74) is -1.62. The van der Waals surface area contributed by atoms with Crippen LogP contribution >= 0.6 is 0 Å². The van der Waals surface area contributed by atoms with Crippen LogP contribution in [0.25, 0.3) is 0 Å². The van der Waals surface area contributed by atoms with Crippen LogP contribution in [0.5, 0.6) is 0 Å². The molecule has 1 aromatic rings. The second-order valence-corrected chi connectivity index (χ2v) is 3.82. The van der Waals surface area contributed by atoms with Crippen molar-refractivity contribution in [2.75, 3.05) is 6.61 Å². The van der Waals surface area contributed by atoms with Crippen molar-refractivity contribution in [1.29, 1.82) is 0 Å². The molecule has 16 heavy (non-hydrogen) atoms. The number of H-pyrrole nitrogens is 1. The lowest BCUT2D eigenvalue weighted by Crippen LogP contribution is -2.34. The molecule has 6 heteroatoms. The molecule has 0 saturated carbocycles. The Hall–Kier alpha value is -1.43. The van der Waals surface area contributed by atoms with E-state index in [4.69, 9.17) is 4.74 Å². The molecular weight excluding hydrogens is 215 g/mol. The van der Waals surface area contributed by atoms with Crippen LogP contribution in [0.3, 0.4) is 0 Å². The summed E-state index contributed by atoms with van der Waals surface area (Å²) in [7, 11) is 0. The van der Waals surface area contributed by atoms with Crippen LogP contribution in [-0.4, -0.2) is 16.2 Å². The molecule has 1 atom stereocenters. The summed E-state index contributed by atoms with van der Waals surface area (Å²) in [6, 6.07) is 0. The van der Waals surface area contributed by atoms with Crippen molar-refractivity contribution in [2.45, 2.75) is 31.9 Å². The van der Waals surface area contributed by atoms with Crippen LogP contribution in [0.4, 0.5) is 4.39 Å². The minimum Gasteiger partial charge on any atom is -0.358 e. The van der Waals surface area contributed by atoms with Gasteiger partial charge in [-0.1, -0.05) is 6.42 Å². The predicted molar refractivity (Wildman–Crippen MR) is 54.7 cm³/mol. The van der Waals surface area contributed by atoms with Crippen LogP contribution < -0.4 is 11.2 Å². The van der Waals surface area contributed by atoms with E-state index in [1.807, 2.05) is 4.98 Å². The topological polar surface area (TPSA) is 64.1 Å². The van der Waals surface area contributed by atoms with Gasteiger partial charge in [-0.25, -0.2) is 4.79 Å². The number of nitrogens with zero attached hydrogens (tertiary/aromatic N) is 1. The minimum atomic E-state index is -0.991. The maximum atomic E-state index is 13.1. The summed E-state index contributed by atoms with van der Waals surface area (Å²) in [6.07, 6.45) is 4.01. The van der Waals surface area contributed by atoms with Gasteiger partial charge >= 0.3 is 5.69 Å². The van der Waals surface area contributed by atoms with E-state index >= 15 is 0 Å². The third kappa shape index (κ3) is 2.21. The average Bonchev–Trinajstić information content (AvgIpc) is 2.52. The van der Waals surface area contributed by atoms with Gasteiger partial charge in [-0.2, -0.15) is 4.39 Å². The van der Waals surface area contributed by atoms with Crippen molar-refractivity contribution < 1.29 is 9.13 Å². The first kappa shape index (κ1) is 11.1. The van der Waals surface area contributed by atoms with E-state index in [1.54, 1.807) is 0 Å². The molecule has 0 radical (unpaired) electrons. The number of rotatable bonds is 1. The number of hydrogen-bond acceptors (Lipinski definition) is 3. The standard InChI is InChI=1S/C10H13FN2O3/c11-7-6-13(10(15)12-9(7)14)8-4-2-1-3-5-16-8/h6,8H,1-5H2,(H,12,14,15)/t8-/m1/s1. The number of ether oxygens (including phenoxy) is 1. The molecular formula is C10H13FN2O3. The Kier molecular flexibility index (Phi) is 3.19. The monoisotopic (exact) mass is 228 g/mol. The first-order valence-corrected chi connectivity index (χ1v) is 5.31. The van der Waals surface area contributed by atoms with Crippen LogP contribution in [0, 0.1) is 5.82 Å². The molecule has 0 aliphatic carbocycles. The molecule has 0 amide bonds. The van der Waals surface area contributed by atoms with Gasteiger partial charge in [0, 0.05) is 6.61 Å². The van der Waals surface area contributed by atoms with E-state index in [-0.39, 0.29) is 0 Å². The summed E-state index contributed by atoms with van der Waals surface area (Å²) in [5, 5.41) is 0. The minimum absolute atomic E-state index is 0.471. The predicted octanol–water partition coefficient (Wildman–Crippen LogP) is 0.765. The molecule has 1 aliphatic heterocycles. The maximum Gasteiger partial charge on any atom is 0.330 e. The fraction of sp³-hybridized carbons (Fsp3) is 0.600. The Morgan fingerprint density at radius 1 is 1.38 bits per heavy atom. The van der Waals surface area contributed by atoms with E-state index in [2.05, 4.69) is 0 Å². The van der Waals surface area contributed by atoms with Gasteiger partial charge in [0.15, 0.2) is 0 Å². The van der Waals surface area contributed by atoms with E-state index in [0.29, 0.717) is 13.0 Å². The quantitative estimate of drug-likeness (QED) is 0.772. The Labute approximate surface area is 90.9 Å². The van der Waals surface area contributed by atoms with Gasteiger partial charge < -0.3 is 4.74 Å². The summed E-state index contributed by atoms with van der Waals surface area (Å²) >= 11 is 0. The van der Waals surface area contributed by atoms with E-state index < -0.39 is 23.3 Å². The molecule has 0 bridgehead atoms. The van der Waals surface area contributed by atoms with E-state index in [0.717, 1.165) is 30.0 Å². The van der Waals surface area contributed by atoms with Crippen molar-refractivity contribution >= 4 is 0 Å². The Bertz CT molecular complexity index is 472. The number of nitrogens with one attached hydrogen (secondary N) is 1. The molecule has 1 aromatic heterocycles. The third-order valence-corrected chi connectivity index (χ3v) is 2.64. The zero-order valence-corrected chi connectivity index (χ0v) is 8.74. The highest BCUT2D eigenvalue weighted by Gasteiger charge is 2.17. The lowest BCUT2D eigenvalue weighted by atomic mass is 10.2. The fourth-order valence-corrected chi connectivity index (χ4v) is 1.79. The molecule has 88 valence electrons. The van der Waals surface area contributed by atoms with Crippen LogP contribution in [-0.2, 0) is 4.74 Å². The molecule has 0 unspecified atom stereocenters. The lowest BCUT2D eigenvalue weighted by Gasteiger charge is -2.17. The first-order valence-electron chi connectivity index (χ1n) is 5.31. The normalized spacial score (nSPS) is 21.7. The molecule has 0 aromatic carbocycles. The highest BCUT2D eigenvalue weighted by Crippen LogP contribution is 2.19. The molecule has 1 saturated heterocycles. The van der Waals surface area contributed by atoms with Crippen molar-refractivity contribution in [2.24, 2.45) is 0 Å². The zero-order chi connectivity index (χ0) is 11.5. The van der Waals surface area contributed by atoms with E-state index in [9.17, 15) is 14.0 Å². The van der Waals surface area contributed by atoms with Gasteiger partial charge in [0.1, 0.15) is 6.23 Å². The van der Waals surface area contributed by atoms with Crippen molar-refractivity contribution in [1.82, 2.24) is 9.55 Å². The number of aromatic nitrogens is 2. The molecule has 1 aliphatic rings. The van der Waals surface area contributed by atoms with Gasteiger partial charge in [-0.3, -0.25) is 14.3 Å². The Morgan fingerprint density at radius 2 is 2.19 bits per heavy atom. The van der Waals surface area contributed by atoms with Gasteiger partial charge in [-0.05, 0) is 19.3 Å². The molecule has 2 rings (SSSR count). The SMILES string of the molecule is O=c1[nH]c(=O)n([C@H]2CCCCCO2)cc1F. The lowest BCUT2D eigenvalue weighted by molar-refractivity contribution is 0.00278. The molecule has 1 fully saturated rings. The smallest absolute Gasteiger partial charge is 0.330 e. The maximum absolute atomic E-state index is 13.1. The largest absolute Gasteiger partial charge is 0.358 e. The van der Waals surface area contributed by atoms with Gasteiger partial charge in [-0.15, -0.1) is 0 Å². The second kappa shape index (κ2) is 4.61. The molecule has 1 N–H and O–H groups in total. The van der Waals surface area contributed by atoms with Crippen LogP contribution in [0.1, 0.15) is 31.9 Å². The second-order valence-electron chi connectivity index (χ2n) is 3.82. The Morgan fingerprint density at radius 3 is 3.00 bits per heavy atom. The van der Waals surface area contributed by atoms with Gasteiger partial charge in [0.25, 0.3) is 5.56 Å². The third-order valence-electron chi connectivity index (χ3n) is 2.64. The summed E-state index contributed by atoms with van der Waals surface area (Å²) in [5.74, 6) is -0.965. The first-order chi connectivity index (χ1) is 7.68. The van der Waals surface area contributed by atoms with Crippen molar-refractivity contribution in [3.05, 3.63) is 32.9 Å². The molecule has 0 spiro atoms. The van der Waals surface area contributed by atoms with E-state index in [1.165, 1.54) is 0 Å². The number of aromatic amines is 1. The number of hydrogen-bond donors (Lipinski definition) is 1. The fourth-order valence-electron chi connectivity index (χ4n) is 1.79. The number of halogens is 1. The summed E-state index contributed by atoms with van der Waals surface area (Å²) < 4.78 is 19.6. The summed E-state index contributed by atoms with van der Waals surface area (Å²) in [4.78, 5) is 24.2. The van der Waals surface area contributed by atoms with Gasteiger partial charge in [0.05, 0.1) is 6.20 Å². The molecule has 5 nitrogen and oxygen atoms in total. The molecule has 2 heterocycles. The Balaban J connectivity index is 2.35.